The second kappa shape index (κ2) is 1.55. The van der Waals surface area contributed by atoms with Gasteiger partial charge in [0.2, 0.25) is 0 Å². The van der Waals surface area contributed by atoms with Crippen molar-refractivity contribution in [2.45, 2.75) is 12.6 Å². The van der Waals surface area contributed by atoms with E-state index in [1.807, 2.05) is 0 Å². The molecule has 0 amide bonds. The second-order valence-electron chi connectivity index (χ2n) is 1.35. The van der Waals surface area contributed by atoms with Crippen LogP contribution in [-0.2, 0) is 0 Å². The fraction of sp³-hybridized carbons (Fsp3) is 1.00. The zero-order valence-corrected chi connectivity index (χ0v) is 3.44. The van der Waals surface area contributed by atoms with Crippen LogP contribution in [0.1, 0.15) is 6.42 Å². The van der Waals surface area contributed by atoms with E-state index in [4.69, 9.17) is 5.11 Å². The molecule has 0 radical (unpaired) electrons. The van der Waals surface area contributed by atoms with Crippen LogP contribution in [0.4, 0.5) is 0 Å². The molecule has 0 spiro atoms. The molecule has 1 aliphatic heterocycles. The van der Waals surface area contributed by atoms with Gasteiger partial charge in [0.25, 0.3) is 0 Å². The Morgan fingerprint density at radius 2 is 2.17 bits per heavy atom. The van der Waals surface area contributed by atoms with Gasteiger partial charge in [-0.25, -0.2) is 10.9 Å². The Bertz CT molecular complexity index is 44.1. The molecule has 1 rings (SSSR count). The maximum atomic E-state index is 8.20. The molecule has 36 valence electrons. The van der Waals surface area contributed by atoms with Crippen LogP contribution in [0.25, 0.3) is 0 Å². The Morgan fingerprint density at radius 3 is 2.33 bits per heavy atom. The van der Waals surface area contributed by atoms with Gasteiger partial charge < -0.3 is 5.11 Å². The Labute approximate surface area is 36.3 Å². The van der Waals surface area contributed by atoms with Gasteiger partial charge in [-0.2, -0.15) is 0 Å². The van der Waals surface area contributed by atoms with Crippen LogP contribution < -0.4 is 10.9 Å². The van der Waals surface area contributed by atoms with Gasteiger partial charge in [0.05, 0.1) is 6.17 Å². The van der Waals surface area contributed by atoms with Gasteiger partial charge in [-0.1, -0.05) is 0 Å². The van der Waals surface area contributed by atoms with E-state index in [2.05, 4.69) is 10.9 Å². The minimum absolute atomic E-state index is 0.269. The van der Waals surface area contributed by atoms with E-state index in [0.717, 1.165) is 6.42 Å². The summed E-state index contributed by atoms with van der Waals surface area (Å²) in [7, 11) is 0. The summed E-state index contributed by atoms with van der Waals surface area (Å²) >= 11 is 0. The van der Waals surface area contributed by atoms with Crippen molar-refractivity contribution >= 4 is 0 Å². The molecule has 0 aliphatic carbocycles. The molecule has 3 N–H and O–H groups in total. The molecule has 0 aromatic carbocycles. The van der Waals surface area contributed by atoms with Crippen molar-refractivity contribution in [1.29, 1.82) is 0 Å². The highest BCUT2D eigenvalue weighted by Gasteiger charge is 2.16. The summed E-state index contributed by atoms with van der Waals surface area (Å²) in [6, 6.07) is 0. The molecule has 1 saturated heterocycles. The zero-order chi connectivity index (χ0) is 4.41. The molecule has 0 atom stereocenters. The van der Waals surface area contributed by atoms with Gasteiger partial charge in [0.15, 0.2) is 0 Å². The Hall–Kier alpha value is -0.120. The predicted molar refractivity (Wildman–Crippen MR) is 21.8 cm³/mol. The minimum atomic E-state index is 0.269. The summed E-state index contributed by atoms with van der Waals surface area (Å²) in [5.41, 5.74) is 5.65. The van der Waals surface area contributed by atoms with Crippen molar-refractivity contribution in [1.82, 2.24) is 10.9 Å². The highest BCUT2D eigenvalue weighted by atomic mass is 16.3. The van der Waals surface area contributed by atoms with E-state index in [9.17, 15) is 0 Å². The number of rotatable bonds is 2. The summed E-state index contributed by atoms with van der Waals surface area (Å²) in [5, 5.41) is 8.20. The Kier molecular flexibility index (Phi) is 1.05. The van der Waals surface area contributed by atoms with Crippen molar-refractivity contribution in [3.63, 3.8) is 0 Å². The number of hydrazine groups is 1. The maximum Gasteiger partial charge on any atom is 0.0854 e. The average Bonchev–Trinajstić information content (AvgIpc) is 2.21. The molecule has 3 nitrogen and oxygen atoms in total. The molecule has 6 heavy (non-hydrogen) atoms. The van der Waals surface area contributed by atoms with E-state index in [0.29, 0.717) is 6.17 Å². The SMILES string of the molecule is OCCC1NN1. The normalized spacial score (nSPS) is 21.5. The van der Waals surface area contributed by atoms with Crippen LogP contribution in [0.5, 0.6) is 0 Å². The van der Waals surface area contributed by atoms with E-state index < -0.39 is 0 Å². The lowest BCUT2D eigenvalue weighted by atomic mass is 10.4. The van der Waals surface area contributed by atoms with Gasteiger partial charge in [-0.05, 0) is 0 Å². The van der Waals surface area contributed by atoms with Crippen LogP contribution in [0.2, 0.25) is 0 Å². The highest BCUT2D eigenvalue weighted by molar-refractivity contribution is 4.69. The van der Waals surface area contributed by atoms with Crippen molar-refractivity contribution in [3.8, 4) is 0 Å². The van der Waals surface area contributed by atoms with Gasteiger partial charge in [0, 0.05) is 13.0 Å². The summed E-state index contributed by atoms with van der Waals surface area (Å²) in [6.07, 6.45) is 1.22. The lowest BCUT2D eigenvalue weighted by Crippen LogP contribution is -1.94. The smallest absolute Gasteiger partial charge is 0.0854 e. The van der Waals surface area contributed by atoms with E-state index in [1.54, 1.807) is 0 Å². The molecule has 1 fully saturated rings. The molecular formula is C3H8N2O. The largest absolute Gasteiger partial charge is 0.396 e. The first-order valence-corrected chi connectivity index (χ1v) is 2.05. The molecule has 0 aromatic rings. The first-order valence-electron chi connectivity index (χ1n) is 2.05. The summed E-state index contributed by atoms with van der Waals surface area (Å²) in [4.78, 5) is 0. The topological polar surface area (TPSA) is 64.1 Å². The van der Waals surface area contributed by atoms with Crippen LogP contribution >= 0.6 is 0 Å². The van der Waals surface area contributed by atoms with E-state index in [-0.39, 0.29) is 6.61 Å². The van der Waals surface area contributed by atoms with Gasteiger partial charge in [0.1, 0.15) is 0 Å². The number of hydrogen-bond donors (Lipinski definition) is 3. The number of hydrogen-bond acceptors (Lipinski definition) is 3. The number of nitrogens with one attached hydrogen (secondary N) is 2. The van der Waals surface area contributed by atoms with Crippen LogP contribution in [0, 0.1) is 0 Å². The highest BCUT2D eigenvalue weighted by Crippen LogP contribution is 1.90. The fourth-order valence-corrected chi connectivity index (χ4v) is 0.332. The molecule has 1 heterocycles. The summed E-state index contributed by atoms with van der Waals surface area (Å²) in [5.74, 6) is 0. The molecule has 0 bridgehead atoms. The van der Waals surface area contributed by atoms with Crippen LogP contribution in [0.15, 0.2) is 0 Å². The van der Waals surface area contributed by atoms with E-state index in [1.165, 1.54) is 0 Å². The monoisotopic (exact) mass is 88.1 g/mol. The van der Waals surface area contributed by atoms with Crippen molar-refractivity contribution in [3.05, 3.63) is 0 Å². The van der Waals surface area contributed by atoms with Gasteiger partial charge >= 0.3 is 0 Å². The number of aliphatic hydroxyl groups is 1. The summed E-state index contributed by atoms with van der Waals surface area (Å²) < 4.78 is 0. The number of aliphatic hydroxyl groups excluding tert-OH is 1. The quantitative estimate of drug-likeness (QED) is 0.372. The maximum absolute atomic E-state index is 8.20. The van der Waals surface area contributed by atoms with Crippen LogP contribution in [-0.4, -0.2) is 17.9 Å². The zero-order valence-electron chi connectivity index (χ0n) is 3.44. The molecular weight excluding hydrogens is 80.0 g/mol. The molecule has 3 heteroatoms. The lowest BCUT2D eigenvalue weighted by molar-refractivity contribution is 0.287. The fourth-order valence-electron chi connectivity index (χ4n) is 0.332. The minimum Gasteiger partial charge on any atom is -0.396 e. The van der Waals surface area contributed by atoms with E-state index >= 15 is 0 Å². The molecule has 0 saturated carbocycles. The predicted octanol–water partition coefficient (Wildman–Crippen LogP) is -1.20. The third kappa shape index (κ3) is 0.931. The third-order valence-corrected chi connectivity index (χ3v) is 0.766. The second-order valence-corrected chi connectivity index (χ2v) is 1.35. The summed E-state index contributed by atoms with van der Waals surface area (Å²) in [6.45, 7) is 0.269. The lowest BCUT2D eigenvalue weighted by Gasteiger charge is -1.79. The standard InChI is InChI=1S/C3H8N2O/c6-2-1-3-4-5-3/h3-6H,1-2H2. The molecule has 0 aromatic heterocycles. The third-order valence-electron chi connectivity index (χ3n) is 0.766. The van der Waals surface area contributed by atoms with Crippen molar-refractivity contribution in [2.75, 3.05) is 6.61 Å². The van der Waals surface area contributed by atoms with Gasteiger partial charge in [-0.15, -0.1) is 0 Å². The average molecular weight is 88.1 g/mol. The Morgan fingerprint density at radius 1 is 1.50 bits per heavy atom. The molecule has 0 unspecified atom stereocenters. The first kappa shape index (κ1) is 4.05. The first-order chi connectivity index (χ1) is 2.93. The molecule has 1 aliphatic rings. The Balaban J connectivity index is 1.88. The van der Waals surface area contributed by atoms with Gasteiger partial charge in [-0.3, -0.25) is 0 Å². The van der Waals surface area contributed by atoms with Crippen molar-refractivity contribution in [2.24, 2.45) is 0 Å². The van der Waals surface area contributed by atoms with Crippen molar-refractivity contribution < 1.29 is 5.11 Å². The van der Waals surface area contributed by atoms with Crippen LogP contribution in [0.3, 0.4) is 0 Å².